The molecule has 28 heavy (non-hydrogen) atoms. The maximum Gasteiger partial charge on any atom is 0.251 e. The van der Waals surface area contributed by atoms with Crippen molar-refractivity contribution in [2.24, 2.45) is 0 Å². The first kappa shape index (κ1) is 21.8. The summed E-state index contributed by atoms with van der Waals surface area (Å²) in [6.07, 6.45) is 2.84. The Morgan fingerprint density at radius 2 is 1.82 bits per heavy atom. The van der Waals surface area contributed by atoms with Crippen LogP contribution in [0.4, 0.5) is 0 Å². The third-order valence-electron chi connectivity index (χ3n) is 4.42. The van der Waals surface area contributed by atoms with Crippen LogP contribution in [0.3, 0.4) is 0 Å². The van der Waals surface area contributed by atoms with Gasteiger partial charge in [0.15, 0.2) is 11.5 Å². The molecule has 1 N–H and O–H groups in total. The van der Waals surface area contributed by atoms with Crippen molar-refractivity contribution in [2.75, 3.05) is 26.9 Å². The quantitative estimate of drug-likeness (QED) is 0.535. The lowest BCUT2D eigenvalue weighted by Crippen LogP contribution is -2.25. The zero-order valence-corrected chi connectivity index (χ0v) is 17.1. The Labute approximate surface area is 168 Å². The van der Waals surface area contributed by atoms with Gasteiger partial charge in [-0.3, -0.25) is 4.79 Å². The van der Waals surface area contributed by atoms with E-state index in [1.807, 2.05) is 25.1 Å². The van der Waals surface area contributed by atoms with Crippen LogP contribution in [-0.2, 0) is 4.74 Å². The Kier molecular flexibility index (Phi) is 9.35. The van der Waals surface area contributed by atoms with Crippen molar-refractivity contribution in [1.29, 1.82) is 0 Å². The van der Waals surface area contributed by atoms with E-state index in [2.05, 4.69) is 24.4 Å². The number of amides is 1. The zero-order valence-electron chi connectivity index (χ0n) is 17.1. The van der Waals surface area contributed by atoms with Crippen molar-refractivity contribution in [3.8, 4) is 11.5 Å². The van der Waals surface area contributed by atoms with Crippen molar-refractivity contribution >= 4 is 5.91 Å². The predicted molar refractivity (Wildman–Crippen MR) is 111 cm³/mol. The first-order valence-electron chi connectivity index (χ1n) is 9.91. The fourth-order valence-corrected chi connectivity index (χ4v) is 2.71. The summed E-state index contributed by atoms with van der Waals surface area (Å²) in [5.41, 5.74) is 1.71. The van der Waals surface area contributed by atoms with Crippen molar-refractivity contribution in [3.63, 3.8) is 0 Å². The van der Waals surface area contributed by atoms with Crippen molar-refractivity contribution in [3.05, 3.63) is 59.7 Å². The number of unbranched alkanes of at least 4 members (excludes halogenated alkanes) is 1. The minimum Gasteiger partial charge on any atom is -0.493 e. The molecule has 1 unspecified atom stereocenters. The van der Waals surface area contributed by atoms with E-state index in [0.717, 1.165) is 24.8 Å². The number of carbonyl (C=O) groups is 1. The highest BCUT2D eigenvalue weighted by molar-refractivity contribution is 5.94. The molecule has 0 bridgehead atoms. The lowest BCUT2D eigenvalue weighted by atomic mass is 10.1. The van der Waals surface area contributed by atoms with E-state index in [1.54, 1.807) is 25.3 Å². The van der Waals surface area contributed by atoms with Gasteiger partial charge < -0.3 is 19.5 Å². The molecule has 0 aliphatic rings. The smallest absolute Gasteiger partial charge is 0.251 e. The summed E-state index contributed by atoms with van der Waals surface area (Å²) < 4.78 is 16.9. The molecule has 2 aromatic carbocycles. The van der Waals surface area contributed by atoms with Gasteiger partial charge in [0.25, 0.3) is 5.91 Å². The molecular weight excluding hydrogens is 354 g/mol. The maximum atomic E-state index is 12.4. The topological polar surface area (TPSA) is 56.8 Å². The highest BCUT2D eigenvalue weighted by Crippen LogP contribution is 2.28. The van der Waals surface area contributed by atoms with E-state index in [9.17, 15) is 4.79 Å². The van der Waals surface area contributed by atoms with Crippen LogP contribution in [-0.4, -0.2) is 32.8 Å². The molecule has 5 nitrogen and oxygen atoms in total. The van der Waals surface area contributed by atoms with Crippen LogP contribution in [0.15, 0.2) is 48.5 Å². The average molecular weight is 386 g/mol. The van der Waals surface area contributed by atoms with Gasteiger partial charge in [-0.25, -0.2) is 0 Å². The lowest BCUT2D eigenvalue weighted by Gasteiger charge is -2.14. The fourth-order valence-electron chi connectivity index (χ4n) is 2.71. The molecule has 0 saturated carbocycles. The van der Waals surface area contributed by atoms with Gasteiger partial charge >= 0.3 is 0 Å². The summed E-state index contributed by atoms with van der Waals surface area (Å²) in [6.45, 7) is 5.92. The summed E-state index contributed by atoms with van der Waals surface area (Å²) >= 11 is 0. The van der Waals surface area contributed by atoms with Crippen molar-refractivity contribution in [2.45, 2.75) is 39.2 Å². The molecule has 0 aliphatic heterocycles. The number of carbonyl (C=O) groups excluding carboxylic acids is 1. The number of rotatable bonds is 12. The summed E-state index contributed by atoms with van der Waals surface area (Å²) in [5.74, 6) is 1.11. The fraction of sp³-hybridized carbons (Fsp3) is 0.435. The van der Waals surface area contributed by atoms with Gasteiger partial charge in [0.05, 0.1) is 19.8 Å². The van der Waals surface area contributed by atoms with Gasteiger partial charge in [-0.2, -0.15) is 0 Å². The average Bonchev–Trinajstić information content (AvgIpc) is 2.74. The Morgan fingerprint density at radius 1 is 1.04 bits per heavy atom. The molecule has 0 fully saturated rings. The van der Waals surface area contributed by atoms with Crippen molar-refractivity contribution in [1.82, 2.24) is 5.32 Å². The van der Waals surface area contributed by atoms with Crippen molar-refractivity contribution < 1.29 is 19.0 Å². The number of hydrogen-bond acceptors (Lipinski definition) is 4. The van der Waals surface area contributed by atoms with Crippen LogP contribution in [0.5, 0.6) is 11.5 Å². The standard InChI is InChI=1S/C23H31NO4/c1-4-5-15-28-21-13-12-20(17-22(21)26-3)23(25)24-14-9-16-27-18(2)19-10-7-6-8-11-19/h6-8,10-13,17-18H,4-5,9,14-16H2,1-3H3,(H,24,25). The molecule has 152 valence electrons. The highest BCUT2D eigenvalue weighted by Gasteiger charge is 2.11. The van der Waals surface area contributed by atoms with E-state index in [4.69, 9.17) is 14.2 Å². The van der Waals surface area contributed by atoms with Gasteiger partial charge in [0.1, 0.15) is 0 Å². The SMILES string of the molecule is CCCCOc1ccc(C(=O)NCCCOC(C)c2ccccc2)cc1OC. The summed E-state index contributed by atoms with van der Waals surface area (Å²) in [5, 5.41) is 2.92. The summed E-state index contributed by atoms with van der Waals surface area (Å²) in [4.78, 5) is 12.4. The summed E-state index contributed by atoms with van der Waals surface area (Å²) in [7, 11) is 1.58. The lowest BCUT2D eigenvalue weighted by molar-refractivity contribution is 0.0635. The van der Waals surface area contributed by atoms with E-state index in [0.29, 0.717) is 36.8 Å². The Morgan fingerprint density at radius 3 is 2.54 bits per heavy atom. The molecule has 0 spiro atoms. The van der Waals surface area contributed by atoms with Crippen LogP contribution < -0.4 is 14.8 Å². The summed E-state index contributed by atoms with van der Waals surface area (Å²) in [6, 6.07) is 15.4. The monoisotopic (exact) mass is 385 g/mol. The molecule has 1 amide bonds. The number of benzene rings is 2. The third kappa shape index (κ3) is 6.89. The molecule has 0 aliphatic carbocycles. The van der Waals surface area contributed by atoms with Crippen LogP contribution in [0, 0.1) is 0 Å². The molecule has 0 saturated heterocycles. The first-order chi connectivity index (χ1) is 13.7. The van der Waals surface area contributed by atoms with Crippen LogP contribution >= 0.6 is 0 Å². The number of nitrogens with one attached hydrogen (secondary N) is 1. The molecule has 0 aromatic heterocycles. The molecule has 0 heterocycles. The second-order valence-electron chi connectivity index (χ2n) is 6.60. The number of hydrogen-bond donors (Lipinski definition) is 1. The largest absolute Gasteiger partial charge is 0.493 e. The second kappa shape index (κ2) is 12.0. The van der Waals surface area contributed by atoms with Crippen LogP contribution in [0.2, 0.25) is 0 Å². The van der Waals surface area contributed by atoms with E-state index >= 15 is 0 Å². The molecule has 1 atom stereocenters. The zero-order chi connectivity index (χ0) is 20.2. The molecular formula is C23H31NO4. The highest BCUT2D eigenvalue weighted by atomic mass is 16.5. The Balaban J connectivity index is 1.75. The molecule has 0 radical (unpaired) electrons. The van der Waals surface area contributed by atoms with E-state index in [1.165, 1.54) is 0 Å². The van der Waals surface area contributed by atoms with E-state index < -0.39 is 0 Å². The Hall–Kier alpha value is -2.53. The van der Waals surface area contributed by atoms with Gasteiger partial charge in [-0.05, 0) is 43.5 Å². The number of ether oxygens (including phenoxy) is 3. The normalized spacial score (nSPS) is 11.7. The number of methoxy groups -OCH3 is 1. The predicted octanol–water partition coefficient (Wildman–Crippen LogP) is 4.77. The molecule has 2 rings (SSSR count). The van der Waals surface area contributed by atoms with E-state index in [-0.39, 0.29) is 12.0 Å². The molecule has 5 heteroatoms. The second-order valence-corrected chi connectivity index (χ2v) is 6.60. The Bertz CT molecular complexity index is 718. The van der Waals surface area contributed by atoms with Gasteiger partial charge in [-0.15, -0.1) is 0 Å². The third-order valence-corrected chi connectivity index (χ3v) is 4.42. The minimum absolute atomic E-state index is 0.0430. The van der Waals surface area contributed by atoms with Gasteiger partial charge in [-0.1, -0.05) is 43.7 Å². The minimum atomic E-state index is -0.130. The van der Waals surface area contributed by atoms with Crippen LogP contribution in [0.1, 0.15) is 55.1 Å². The van der Waals surface area contributed by atoms with Crippen LogP contribution in [0.25, 0.3) is 0 Å². The first-order valence-corrected chi connectivity index (χ1v) is 9.91. The van der Waals surface area contributed by atoms with Gasteiger partial charge in [0.2, 0.25) is 0 Å². The van der Waals surface area contributed by atoms with Gasteiger partial charge in [0, 0.05) is 18.7 Å². The molecule has 2 aromatic rings. The maximum absolute atomic E-state index is 12.4.